The van der Waals surface area contributed by atoms with Gasteiger partial charge in [0.05, 0.1) is 15.6 Å². The number of ether oxygens (including phenoxy) is 1. The molecule has 3 aromatic carbocycles. The monoisotopic (exact) mass is 623 g/mol. The molecule has 39 heavy (non-hydrogen) atoms. The van der Waals surface area contributed by atoms with Gasteiger partial charge in [0, 0.05) is 29.1 Å². The minimum Gasteiger partial charge on any atom is -0.476 e. The number of nitrogens with one attached hydrogen (secondary N) is 1. The van der Waals surface area contributed by atoms with Gasteiger partial charge >= 0.3 is 0 Å². The summed E-state index contributed by atoms with van der Waals surface area (Å²) in [6.07, 6.45) is 1.64. The first-order valence-electron chi connectivity index (χ1n) is 12.2. The molecule has 7 nitrogen and oxygen atoms in total. The summed E-state index contributed by atoms with van der Waals surface area (Å²) in [4.78, 5) is 6.89. The molecule has 4 aromatic rings. The second-order valence-electron chi connectivity index (χ2n) is 9.69. The number of nitrogens with zero attached hydrogens (tertiary/aromatic N) is 2. The molecule has 0 amide bonds. The van der Waals surface area contributed by atoms with E-state index in [1.165, 1.54) is 18.3 Å². The lowest BCUT2D eigenvalue weighted by molar-refractivity contribution is -0.0754. The smallest absolute Gasteiger partial charge is 0.276 e. The fourth-order valence-electron chi connectivity index (χ4n) is 5.57. The molecule has 0 unspecified atom stereocenters. The molecule has 10 heteroatoms. The average molecular weight is 625 g/mol. The molecule has 1 aromatic heterocycles. The Balaban J connectivity index is 1.57. The minimum atomic E-state index is -4.01. The van der Waals surface area contributed by atoms with Crippen molar-refractivity contribution in [1.82, 2.24) is 9.82 Å². The van der Waals surface area contributed by atoms with Crippen molar-refractivity contribution >= 4 is 43.3 Å². The molecule has 1 aliphatic heterocycles. The van der Waals surface area contributed by atoms with Gasteiger partial charge in [0.1, 0.15) is 11.4 Å². The van der Waals surface area contributed by atoms with E-state index in [4.69, 9.17) is 16.3 Å². The van der Waals surface area contributed by atoms with E-state index in [2.05, 4.69) is 30.8 Å². The van der Waals surface area contributed by atoms with Crippen molar-refractivity contribution in [2.75, 3.05) is 0 Å². The lowest BCUT2D eigenvalue weighted by Crippen LogP contribution is -2.51. The Labute approximate surface area is 239 Å². The van der Waals surface area contributed by atoms with E-state index in [9.17, 15) is 13.5 Å². The number of hydrogen-bond acceptors (Lipinski definition) is 6. The van der Waals surface area contributed by atoms with Crippen molar-refractivity contribution in [3.63, 3.8) is 0 Å². The number of aryl methyl sites for hydroxylation is 1. The Bertz CT molecular complexity index is 1700. The van der Waals surface area contributed by atoms with Crippen LogP contribution in [0.25, 0.3) is 0 Å². The van der Waals surface area contributed by atoms with Crippen LogP contribution in [0.5, 0.6) is 5.75 Å². The van der Waals surface area contributed by atoms with Crippen LogP contribution in [0, 0.1) is 6.92 Å². The molecule has 2 N–H and O–H groups in total. The highest BCUT2D eigenvalue weighted by Gasteiger charge is 2.72. The van der Waals surface area contributed by atoms with Crippen LogP contribution in [0.4, 0.5) is 0 Å². The third-order valence-corrected chi connectivity index (χ3v) is 9.34. The Kier molecular flexibility index (Phi) is 6.30. The first-order valence-corrected chi connectivity index (χ1v) is 14.8. The Morgan fingerprint density at radius 2 is 1.77 bits per heavy atom. The van der Waals surface area contributed by atoms with Crippen LogP contribution in [0.1, 0.15) is 34.7 Å². The molecule has 0 radical (unpaired) electrons. The number of halogens is 2. The fourth-order valence-corrected chi connectivity index (χ4v) is 6.81. The third kappa shape index (κ3) is 4.07. The van der Waals surface area contributed by atoms with Crippen molar-refractivity contribution in [3.8, 4) is 5.75 Å². The number of sulfonamides is 1. The van der Waals surface area contributed by atoms with Gasteiger partial charge in [-0.05, 0) is 42.3 Å². The highest BCUT2D eigenvalue weighted by molar-refractivity contribution is 9.10. The van der Waals surface area contributed by atoms with Crippen LogP contribution in [0.15, 0.2) is 106 Å². The molecular weight excluding hydrogens is 602 g/mol. The molecule has 2 heterocycles. The topological polar surface area (TPSA) is 101 Å². The maximum absolute atomic E-state index is 13.2. The molecule has 1 aliphatic carbocycles. The molecule has 2 aliphatic rings. The summed E-state index contributed by atoms with van der Waals surface area (Å²) in [5.41, 5.74) is -0.391. The summed E-state index contributed by atoms with van der Waals surface area (Å²) in [5.74, 6) is -0.136. The van der Waals surface area contributed by atoms with E-state index in [1.54, 1.807) is 18.2 Å². The third-order valence-electron chi connectivity index (χ3n) is 7.38. The zero-order valence-corrected chi connectivity index (χ0v) is 23.8. The molecule has 198 valence electrons. The summed E-state index contributed by atoms with van der Waals surface area (Å²) in [6, 6.07) is 25.2. The lowest BCUT2D eigenvalue weighted by Gasteiger charge is -2.39. The van der Waals surface area contributed by atoms with E-state index < -0.39 is 27.1 Å². The predicted molar refractivity (Wildman–Crippen MR) is 152 cm³/mol. The van der Waals surface area contributed by atoms with Gasteiger partial charge in [0.15, 0.2) is 11.2 Å². The second kappa shape index (κ2) is 9.45. The van der Waals surface area contributed by atoms with Crippen molar-refractivity contribution in [2.24, 2.45) is 5.10 Å². The number of benzene rings is 3. The van der Waals surface area contributed by atoms with Crippen molar-refractivity contribution in [2.45, 2.75) is 35.4 Å². The second-order valence-corrected chi connectivity index (χ2v) is 12.7. The number of fused-ring (bicyclic) bond motifs is 3. The van der Waals surface area contributed by atoms with Gasteiger partial charge in [-0.25, -0.2) is 4.83 Å². The van der Waals surface area contributed by atoms with E-state index in [0.29, 0.717) is 16.3 Å². The predicted octanol–water partition coefficient (Wildman–Crippen LogP) is 5.80. The fraction of sp³-hybridized carbons (Fsp3) is 0.172. The zero-order chi connectivity index (χ0) is 27.4. The molecule has 1 saturated carbocycles. The first kappa shape index (κ1) is 26.0. The summed E-state index contributed by atoms with van der Waals surface area (Å²) in [6.45, 7) is 1.88. The normalized spacial score (nSPS) is 24.7. The summed E-state index contributed by atoms with van der Waals surface area (Å²) < 4.78 is 33.9. The zero-order valence-electron chi connectivity index (χ0n) is 20.7. The number of rotatable bonds is 5. The van der Waals surface area contributed by atoms with Crippen LogP contribution in [-0.2, 0) is 21.2 Å². The van der Waals surface area contributed by atoms with Crippen molar-refractivity contribution < 1.29 is 18.3 Å². The van der Waals surface area contributed by atoms with E-state index in [0.717, 1.165) is 15.6 Å². The van der Waals surface area contributed by atoms with Gasteiger partial charge < -0.3 is 9.84 Å². The molecular formula is C29H23BrClN3O4S. The maximum Gasteiger partial charge on any atom is 0.276 e. The molecule has 0 saturated heterocycles. The quantitative estimate of drug-likeness (QED) is 0.273. The number of aliphatic hydroxyl groups is 1. The van der Waals surface area contributed by atoms with Crippen LogP contribution in [0.2, 0.25) is 5.02 Å². The summed E-state index contributed by atoms with van der Waals surface area (Å²) in [7, 11) is -4.01. The lowest BCUT2D eigenvalue weighted by atomic mass is 9.72. The summed E-state index contributed by atoms with van der Waals surface area (Å²) in [5, 5.41) is 17.4. The molecule has 3 atom stereocenters. The highest BCUT2D eigenvalue weighted by atomic mass is 79.9. The minimum absolute atomic E-state index is 0.0641. The number of hydrazone groups is 1. The van der Waals surface area contributed by atoms with Crippen molar-refractivity contribution in [3.05, 3.63) is 123 Å². The largest absolute Gasteiger partial charge is 0.476 e. The number of aromatic nitrogens is 1. The highest BCUT2D eigenvalue weighted by Crippen LogP contribution is 2.65. The van der Waals surface area contributed by atoms with Gasteiger partial charge in [-0.2, -0.15) is 13.5 Å². The Hall–Kier alpha value is -3.24. The van der Waals surface area contributed by atoms with Gasteiger partial charge in [0.2, 0.25) is 0 Å². The van der Waals surface area contributed by atoms with Gasteiger partial charge in [-0.15, -0.1) is 0 Å². The molecule has 0 spiro atoms. The van der Waals surface area contributed by atoms with E-state index in [1.807, 2.05) is 61.5 Å². The SMILES string of the molecule is Cc1ccc(S(=O)(=O)N/N=C2\C[C@@H](c3ccccc3)[C@]3(c4ccc(Br)cc4)Oc4cc(Cl)cnc4[C@]23O)cc1. The maximum atomic E-state index is 13.2. The van der Waals surface area contributed by atoms with Crippen molar-refractivity contribution in [1.29, 1.82) is 0 Å². The van der Waals surface area contributed by atoms with Crippen LogP contribution >= 0.6 is 27.5 Å². The van der Waals surface area contributed by atoms with Crippen LogP contribution in [-0.4, -0.2) is 24.2 Å². The Morgan fingerprint density at radius 3 is 2.46 bits per heavy atom. The molecule has 6 rings (SSSR count). The standard InChI is InChI=1S/C29H23BrClN3O4S/c1-18-7-13-23(14-8-18)39(36,37)34-33-26-16-24(19-5-3-2-4-6-19)29(20-9-11-21(30)12-10-20)28(26,35)27-25(38-29)15-22(31)17-32-27/h2-15,17,24,34-35H,16H2,1H3/b33-26+/t24-,28+,29-/m0/s1. The van der Waals surface area contributed by atoms with Gasteiger partial charge in [-0.3, -0.25) is 4.98 Å². The Morgan fingerprint density at radius 1 is 1.08 bits per heavy atom. The van der Waals surface area contributed by atoms with Crippen LogP contribution in [0.3, 0.4) is 0 Å². The molecule has 1 fully saturated rings. The molecule has 0 bridgehead atoms. The van der Waals surface area contributed by atoms with Gasteiger partial charge in [0.25, 0.3) is 10.0 Å². The van der Waals surface area contributed by atoms with Gasteiger partial charge in [-0.1, -0.05) is 87.7 Å². The van der Waals surface area contributed by atoms with E-state index >= 15 is 0 Å². The number of hydrogen-bond donors (Lipinski definition) is 2. The van der Waals surface area contributed by atoms with E-state index in [-0.39, 0.29) is 22.7 Å². The first-order chi connectivity index (χ1) is 18.6. The average Bonchev–Trinajstić information content (AvgIpc) is 3.33. The van der Waals surface area contributed by atoms with Crippen LogP contribution < -0.4 is 9.57 Å². The summed E-state index contributed by atoms with van der Waals surface area (Å²) >= 11 is 9.76. The number of pyridine rings is 1.